The third kappa shape index (κ3) is 15.1. The normalized spacial score (nSPS) is 20.6. The van der Waals surface area contributed by atoms with E-state index < -0.39 is 65.0 Å². The molecule has 6 amide bonds. The molecule has 0 aliphatic carbocycles. The highest BCUT2D eigenvalue weighted by Crippen LogP contribution is 2.35. The minimum Gasteiger partial charge on any atom is -0.479 e. The molecule has 4 aromatic rings. The lowest BCUT2D eigenvalue weighted by Crippen LogP contribution is -2.58. The number of aliphatic carboxylic acids is 1. The van der Waals surface area contributed by atoms with Gasteiger partial charge in [0.2, 0.25) is 35.4 Å². The Morgan fingerprint density at radius 3 is 2.25 bits per heavy atom. The van der Waals surface area contributed by atoms with Crippen molar-refractivity contribution in [2.24, 2.45) is 11.1 Å². The Bertz CT molecular complexity index is 2450. The fourth-order valence-corrected chi connectivity index (χ4v) is 8.39. The summed E-state index contributed by atoms with van der Waals surface area (Å²) in [7, 11) is 0. The molecule has 17 nitrogen and oxygen atoms in total. The number of ether oxygens (including phenoxy) is 2. The summed E-state index contributed by atoms with van der Waals surface area (Å²) in [5.41, 5.74) is 8.92. The molecule has 4 atom stereocenters. The Labute approximate surface area is 401 Å². The Hall–Kier alpha value is -7.37. The molecule has 0 unspecified atom stereocenters. The summed E-state index contributed by atoms with van der Waals surface area (Å²) in [6.07, 6.45) is 2.46. The summed E-state index contributed by atoms with van der Waals surface area (Å²) in [4.78, 5) is 95.9. The fourth-order valence-electron chi connectivity index (χ4n) is 8.39. The van der Waals surface area contributed by atoms with Gasteiger partial charge in [-0.2, -0.15) is 0 Å². The van der Waals surface area contributed by atoms with Crippen molar-refractivity contribution < 1.29 is 48.1 Å². The van der Waals surface area contributed by atoms with Gasteiger partial charge in [0.05, 0.1) is 25.0 Å². The summed E-state index contributed by atoms with van der Waals surface area (Å²) in [5, 5.41) is 23.6. The molecule has 6 rings (SSSR count). The maximum Gasteiger partial charge on any atom is 0.344 e. The van der Waals surface area contributed by atoms with Gasteiger partial charge in [0.25, 0.3) is 0 Å². The van der Waals surface area contributed by atoms with E-state index in [1.807, 2.05) is 66.7 Å². The second kappa shape index (κ2) is 25.1. The summed E-state index contributed by atoms with van der Waals surface area (Å²) in [6.45, 7) is 2.87. The monoisotopic (exact) mass is 943 g/mol. The first kappa shape index (κ1) is 51.0. The van der Waals surface area contributed by atoms with Crippen molar-refractivity contribution in [2.75, 3.05) is 45.9 Å². The van der Waals surface area contributed by atoms with Gasteiger partial charge in [-0.1, -0.05) is 91.0 Å². The predicted molar refractivity (Wildman–Crippen MR) is 257 cm³/mol. The van der Waals surface area contributed by atoms with Crippen LogP contribution >= 0.6 is 0 Å². The molecule has 2 aliphatic rings. The van der Waals surface area contributed by atoms with Crippen molar-refractivity contribution >= 4 is 41.4 Å². The van der Waals surface area contributed by atoms with Gasteiger partial charge in [-0.3, -0.25) is 28.8 Å². The third-order valence-electron chi connectivity index (χ3n) is 12.1. The molecule has 2 aliphatic heterocycles. The number of benzene rings is 4. The summed E-state index contributed by atoms with van der Waals surface area (Å²) >= 11 is 0. The number of carboxylic acids is 1. The molecule has 1 saturated heterocycles. The van der Waals surface area contributed by atoms with Crippen molar-refractivity contribution in [3.8, 4) is 16.9 Å². The zero-order valence-electron chi connectivity index (χ0n) is 38.7. The van der Waals surface area contributed by atoms with Crippen molar-refractivity contribution in [1.29, 1.82) is 0 Å². The van der Waals surface area contributed by atoms with Crippen LogP contribution in [0, 0.1) is 5.41 Å². The lowest BCUT2D eigenvalue weighted by Gasteiger charge is -2.42. The van der Waals surface area contributed by atoms with Crippen LogP contribution in [0.1, 0.15) is 48.4 Å². The second-order valence-electron chi connectivity index (χ2n) is 17.2. The van der Waals surface area contributed by atoms with E-state index in [1.54, 1.807) is 41.3 Å². The highest BCUT2D eigenvalue weighted by atomic mass is 16.5. The number of piperidine rings is 1. The molecule has 2 heterocycles. The van der Waals surface area contributed by atoms with E-state index >= 15 is 0 Å². The Morgan fingerprint density at radius 2 is 1.54 bits per heavy atom. The molecule has 4 aromatic carbocycles. The van der Waals surface area contributed by atoms with Gasteiger partial charge >= 0.3 is 5.97 Å². The molecule has 0 aromatic heterocycles. The maximum atomic E-state index is 14.9. The number of carbonyl (C=O) groups is 7. The highest BCUT2D eigenvalue weighted by Gasteiger charge is 2.44. The van der Waals surface area contributed by atoms with E-state index in [4.69, 9.17) is 15.2 Å². The number of hydrogen-bond acceptors (Lipinski definition) is 10. The number of fused-ring (bicyclic) bond motifs is 3. The van der Waals surface area contributed by atoms with Gasteiger partial charge in [-0.15, -0.1) is 0 Å². The average Bonchev–Trinajstić information content (AvgIpc) is 3.35. The molecule has 364 valence electrons. The molecule has 2 bridgehead atoms. The zero-order chi connectivity index (χ0) is 49.2. The maximum absolute atomic E-state index is 14.9. The van der Waals surface area contributed by atoms with E-state index in [1.165, 1.54) is 6.92 Å². The molecular formula is C52H61N7O10. The first-order valence-corrected chi connectivity index (χ1v) is 23.2. The highest BCUT2D eigenvalue weighted by molar-refractivity contribution is 5.97. The second-order valence-corrected chi connectivity index (χ2v) is 17.2. The Kier molecular flexibility index (Phi) is 18.6. The summed E-state index contributed by atoms with van der Waals surface area (Å²) in [5.74, 6) is -3.53. The lowest BCUT2D eigenvalue weighted by atomic mass is 9.74. The quantitative estimate of drug-likeness (QED) is 0.0906. The molecule has 17 heteroatoms. The molecular weight excluding hydrogens is 883 g/mol. The summed E-state index contributed by atoms with van der Waals surface area (Å²) < 4.78 is 10.8. The zero-order valence-corrected chi connectivity index (χ0v) is 38.7. The van der Waals surface area contributed by atoms with E-state index in [0.29, 0.717) is 49.4 Å². The number of hydrogen-bond donors (Lipinski definition) is 7. The molecule has 0 saturated carbocycles. The minimum atomic E-state index is -1.14. The van der Waals surface area contributed by atoms with Crippen molar-refractivity contribution in [1.82, 2.24) is 31.5 Å². The standard InChI is InChI=1S/C52H61N7O10/c1-35(50(65)66)69-42-18-16-39(17-19-42)38-14-12-36(13-15-38)30-44-49(64)56-33-41-11-6-5-10-40(41)31-46(61)57-43(48(63)55-26-29-68-28-24-53)22-25-54-45(60)20-21-47(62)59-27-7-23-52(34-59,51(67)58-44)32-37-8-3-2-4-9-37/h2-6,8-21,35,43-44H,7,22-34,53H2,1H3,(H,54,60)(H,55,63)(H,56,64)(H,57,61)(H,58,67)(H,65,66)/b21-20+/t35-,43+,44+,52+/m1/s1. The number of nitrogens with one attached hydrogen (secondary N) is 5. The largest absolute Gasteiger partial charge is 0.479 e. The van der Waals surface area contributed by atoms with E-state index in [-0.39, 0.29) is 58.5 Å². The van der Waals surface area contributed by atoms with Gasteiger partial charge < -0.3 is 51.8 Å². The topological polar surface area (TPSA) is 248 Å². The first-order chi connectivity index (χ1) is 33.3. The number of carboxylic acid groups (broad SMARTS) is 1. The van der Waals surface area contributed by atoms with Crippen molar-refractivity contribution in [2.45, 2.75) is 70.2 Å². The molecule has 69 heavy (non-hydrogen) atoms. The van der Waals surface area contributed by atoms with Crippen LogP contribution in [-0.2, 0) is 64.1 Å². The van der Waals surface area contributed by atoms with Gasteiger partial charge in [0.15, 0.2) is 6.10 Å². The number of rotatable bonds is 14. The molecule has 1 fully saturated rings. The van der Waals surface area contributed by atoms with Crippen LogP contribution in [0.5, 0.6) is 5.75 Å². The van der Waals surface area contributed by atoms with Crippen LogP contribution in [0.25, 0.3) is 11.1 Å². The Balaban J connectivity index is 1.29. The number of amides is 6. The molecule has 8 N–H and O–H groups in total. The minimum absolute atomic E-state index is 0.00193. The van der Waals surface area contributed by atoms with Crippen LogP contribution in [-0.4, -0.2) is 116 Å². The lowest BCUT2D eigenvalue weighted by molar-refractivity contribution is -0.144. The average molecular weight is 944 g/mol. The number of nitrogens with zero attached hydrogens (tertiary/aromatic N) is 1. The van der Waals surface area contributed by atoms with Crippen LogP contribution in [0.2, 0.25) is 0 Å². The molecule has 0 radical (unpaired) electrons. The predicted octanol–water partition coefficient (Wildman–Crippen LogP) is 2.60. The third-order valence-corrected chi connectivity index (χ3v) is 12.1. The van der Waals surface area contributed by atoms with Gasteiger partial charge in [0.1, 0.15) is 17.8 Å². The van der Waals surface area contributed by atoms with Gasteiger partial charge in [-0.05, 0) is 78.1 Å². The van der Waals surface area contributed by atoms with Gasteiger partial charge in [-0.25, -0.2) is 4.79 Å². The van der Waals surface area contributed by atoms with Crippen LogP contribution in [0.4, 0.5) is 0 Å². The molecule has 0 spiro atoms. The van der Waals surface area contributed by atoms with Crippen LogP contribution in [0.3, 0.4) is 0 Å². The SMILES string of the molecule is C[C@@H](Oc1ccc(-c2ccc(C[C@@H]3NC(=O)[C@]4(Cc5ccccc5)CCCN(C4)C(=O)/C=C/C(=O)NCC[C@@H](C(=O)NCCOCCN)NC(=O)Cc4ccccc4CNC3=O)cc2)cc1)C(=O)O. The fraction of sp³-hybridized carbons (Fsp3) is 0.365. The number of carbonyl (C=O) groups excluding carboxylic acids is 6. The Morgan fingerprint density at radius 1 is 0.841 bits per heavy atom. The smallest absolute Gasteiger partial charge is 0.344 e. The van der Waals surface area contributed by atoms with E-state index in [9.17, 15) is 38.7 Å². The first-order valence-electron chi connectivity index (χ1n) is 23.2. The van der Waals surface area contributed by atoms with Crippen LogP contribution < -0.4 is 37.1 Å². The van der Waals surface area contributed by atoms with E-state index in [2.05, 4.69) is 26.6 Å². The van der Waals surface area contributed by atoms with Crippen molar-refractivity contribution in [3.63, 3.8) is 0 Å². The van der Waals surface area contributed by atoms with E-state index in [0.717, 1.165) is 34.4 Å². The van der Waals surface area contributed by atoms with Crippen molar-refractivity contribution in [3.05, 3.63) is 138 Å². The summed E-state index contributed by atoms with van der Waals surface area (Å²) in [6, 6.07) is 29.0. The van der Waals surface area contributed by atoms with Gasteiger partial charge in [0, 0.05) is 57.8 Å². The number of nitrogens with two attached hydrogens (primary N) is 1. The van der Waals surface area contributed by atoms with Crippen LogP contribution in [0.15, 0.2) is 115 Å².